The molecule has 0 unspecified atom stereocenters. The molecule has 0 saturated heterocycles. The summed E-state index contributed by atoms with van der Waals surface area (Å²) in [4.78, 5) is 21.0. The van der Waals surface area contributed by atoms with Gasteiger partial charge in [-0.05, 0) is 43.3 Å². The molecule has 2 aromatic heterocycles. The fourth-order valence-corrected chi connectivity index (χ4v) is 2.92. The van der Waals surface area contributed by atoms with Gasteiger partial charge in [-0.3, -0.25) is 9.78 Å². The first-order valence-corrected chi connectivity index (χ1v) is 9.42. The summed E-state index contributed by atoms with van der Waals surface area (Å²) >= 11 is 0. The molecule has 4 aromatic rings. The number of amides is 1. The predicted octanol–water partition coefficient (Wildman–Crippen LogP) is 4.25. The lowest BCUT2D eigenvalue weighted by molar-refractivity contribution is -0.116. The third-order valence-electron chi connectivity index (χ3n) is 4.33. The number of para-hydroxylation sites is 1. The SMILES string of the molecule is CCOc1ccc(-c2noc(CCC(=O)Nc3cnc4ccccc4c3)n2)cc1. The van der Waals surface area contributed by atoms with Gasteiger partial charge >= 0.3 is 0 Å². The first-order valence-electron chi connectivity index (χ1n) is 9.42. The van der Waals surface area contributed by atoms with Gasteiger partial charge < -0.3 is 14.6 Å². The molecule has 0 spiro atoms. The summed E-state index contributed by atoms with van der Waals surface area (Å²) in [6, 6.07) is 17.1. The number of fused-ring (bicyclic) bond motifs is 1. The summed E-state index contributed by atoms with van der Waals surface area (Å²) in [6.45, 7) is 2.55. The van der Waals surface area contributed by atoms with Crippen molar-refractivity contribution >= 4 is 22.5 Å². The zero-order valence-corrected chi connectivity index (χ0v) is 16.0. The number of rotatable bonds is 7. The van der Waals surface area contributed by atoms with Gasteiger partial charge in [0.05, 0.1) is 24.0 Å². The van der Waals surface area contributed by atoms with Crippen LogP contribution in [-0.4, -0.2) is 27.6 Å². The molecule has 1 amide bonds. The van der Waals surface area contributed by atoms with E-state index >= 15 is 0 Å². The Morgan fingerprint density at radius 2 is 1.97 bits per heavy atom. The second kappa shape index (κ2) is 8.52. The lowest BCUT2D eigenvalue weighted by Gasteiger charge is -2.05. The van der Waals surface area contributed by atoms with E-state index in [1.165, 1.54) is 0 Å². The summed E-state index contributed by atoms with van der Waals surface area (Å²) in [7, 11) is 0. The van der Waals surface area contributed by atoms with Crippen LogP contribution in [0.4, 0.5) is 5.69 Å². The van der Waals surface area contributed by atoms with Crippen molar-refractivity contribution in [2.24, 2.45) is 0 Å². The van der Waals surface area contributed by atoms with Crippen LogP contribution in [0.3, 0.4) is 0 Å². The lowest BCUT2D eigenvalue weighted by Crippen LogP contribution is -2.12. The number of hydrogen-bond donors (Lipinski definition) is 1. The molecule has 2 aromatic carbocycles. The Morgan fingerprint density at radius 3 is 2.79 bits per heavy atom. The van der Waals surface area contributed by atoms with E-state index in [0.717, 1.165) is 22.2 Å². The van der Waals surface area contributed by atoms with Crippen LogP contribution in [0.5, 0.6) is 5.75 Å². The molecule has 0 saturated carbocycles. The maximum absolute atomic E-state index is 12.3. The van der Waals surface area contributed by atoms with E-state index in [9.17, 15) is 4.79 Å². The molecular formula is C22H20N4O3. The quantitative estimate of drug-likeness (QED) is 0.509. The van der Waals surface area contributed by atoms with Crippen molar-refractivity contribution in [2.75, 3.05) is 11.9 Å². The monoisotopic (exact) mass is 388 g/mol. The second-order valence-electron chi connectivity index (χ2n) is 6.43. The number of aryl methyl sites for hydroxylation is 1. The van der Waals surface area contributed by atoms with Crippen molar-refractivity contribution in [3.63, 3.8) is 0 Å². The fraction of sp³-hybridized carbons (Fsp3) is 0.182. The number of hydrogen-bond acceptors (Lipinski definition) is 6. The van der Waals surface area contributed by atoms with Gasteiger partial charge in [0.2, 0.25) is 17.6 Å². The average molecular weight is 388 g/mol. The van der Waals surface area contributed by atoms with E-state index in [0.29, 0.717) is 30.4 Å². The molecule has 4 rings (SSSR count). The Balaban J connectivity index is 1.34. The van der Waals surface area contributed by atoms with Crippen LogP contribution in [0.25, 0.3) is 22.3 Å². The minimum atomic E-state index is -0.136. The van der Waals surface area contributed by atoms with Crippen molar-refractivity contribution < 1.29 is 14.1 Å². The van der Waals surface area contributed by atoms with E-state index in [2.05, 4.69) is 20.4 Å². The zero-order valence-electron chi connectivity index (χ0n) is 16.0. The Kier molecular flexibility index (Phi) is 5.47. The summed E-state index contributed by atoms with van der Waals surface area (Å²) in [5.41, 5.74) is 2.38. The summed E-state index contributed by atoms with van der Waals surface area (Å²) in [6.07, 6.45) is 2.24. The normalized spacial score (nSPS) is 10.8. The van der Waals surface area contributed by atoms with E-state index < -0.39 is 0 Å². The molecule has 7 nitrogen and oxygen atoms in total. The Bertz CT molecular complexity index is 1120. The highest BCUT2D eigenvalue weighted by atomic mass is 16.5. The summed E-state index contributed by atoms with van der Waals surface area (Å²) in [5, 5.41) is 7.82. The summed E-state index contributed by atoms with van der Waals surface area (Å²) < 4.78 is 10.7. The van der Waals surface area contributed by atoms with Gasteiger partial charge in [0.1, 0.15) is 5.75 Å². The van der Waals surface area contributed by atoms with E-state index in [-0.39, 0.29) is 12.3 Å². The van der Waals surface area contributed by atoms with Crippen molar-refractivity contribution in [1.29, 1.82) is 0 Å². The number of nitrogens with one attached hydrogen (secondary N) is 1. The van der Waals surface area contributed by atoms with Crippen molar-refractivity contribution in [2.45, 2.75) is 19.8 Å². The van der Waals surface area contributed by atoms with E-state index in [4.69, 9.17) is 9.26 Å². The Hall–Kier alpha value is -3.74. The van der Waals surface area contributed by atoms with E-state index in [1.807, 2.05) is 61.5 Å². The Morgan fingerprint density at radius 1 is 1.14 bits per heavy atom. The first kappa shape index (κ1) is 18.6. The predicted molar refractivity (Wildman–Crippen MR) is 110 cm³/mol. The number of carbonyl (C=O) groups excluding carboxylic acids is 1. The fourth-order valence-electron chi connectivity index (χ4n) is 2.92. The minimum absolute atomic E-state index is 0.136. The van der Waals surface area contributed by atoms with Gasteiger partial charge in [-0.2, -0.15) is 4.98 Å². The number of aromatic nitrogens is 3. The number of nitrogens with zero attached hydrogens (tertiary/aromatic N) is 3. The number of benzene rings is 2. The van der Waals surface area contributed by atoms with Gasteiger partial charge in [0.15, 0.2) is 0 Å². The topological polar surface area (TPSA) is 90.1 Å². The molecule has 7 heteroatoms. The molecule has 0 aliphatic rings. The molecule has 2 heterocycles. The number of anilines is 1. The molecular weight excluding hydrogens is 368 g/mol. The van der Waals surface area contributed by atoms with Crippen LogP contribution in [0.1, 0.15) is 19.2 Å². The molecule has 29 heavy (non-hydrogen) atoms. The number of pyridine rings is 1. The third kappa shape index (κ3) is 4.57. The maximum Gasteiger partial charge on any atom is 0.227 e. The van der Waals surface area contributed by atoms with Crippen LogP contribution in [0, 0.1) is 0 Å². The van der Waals surface area contributed by atoms with Gasteiger partial charge in [0, 0.05) is 23.8 Å². The van der Waals surface area contributed by atoms with Crippen LogP contribution in [0.15, 0.2) is 65.3 Å². The molecule has 0 radical (unpaired) electrons. The smallest absolute Gasteiger partial charge is 0.227 e. The van der Waals surface area contributed by atoms with Gasteiger partial charge in [0.25, 0.3) is 0 Å². The van der Waals surface area contributed by atoms with Gasteiger partial charge in [-0.15, -0.1) is 0 Å². The second-order valence-corrected chi connectivity index (χ2v) is 6.43. The van der Waals surface area contributed by atoms with Gasteiger partial charge in [-0.25, -0.2) is 0 Å². The van der Waals surface area contributed by atoms with Crippen molar-refractivity contribution in [3.8, 4) is 17.1 Å². The number of carbonyl (C=O) groups is 1. The molecule has 0 aliphatic heterocycles. The first-order chi connectivity index (χ1) is 14.2. The van der Waals surface area contributed by atoms with Crippen LogP contribution >= 0.6 is 0 Å². The number of ether oxygens (including phenoxy) is 1. The highest BCUT2D eigenvalue weighted by molar-refractivity contribution is 5.93. The minimum Gasteiger partial charge on any atom is -0.494 e. The molecule has 0 bridgehead atoms. The van der Waals surface area contributed by atoms with Crippen LogP contribution < -0.4 is 10.1 Å². The largest absolute Gasteiger partial charge is 0.494 e. The maximum atomic E-state index is 12.3. The molecule has 146 valence electrons. The third-order valence-corrected chi connectivity index (χ3v) is 4.33. The van der Waals surface area contributed by atoms with Crippen LogP contribution in [0.2, 0.25) is 0 Å². The highest BCUT2D eigenvalue weighted by Gasteiger charge is 2.11. The highest BCUT2D eigenvalue weighted by Crippen LogP contribution is 2.20. The lowest BCUT2D eigenvalue weighted by atomic mass is 10.2. The molecule has 0 atom stereocenters. The van der Waals surface area contributed by atoms with Gasteiger partial charge in [-0.1, -0.05) is 23.4 Å². The van der Waals surface area contributed by atoms with Crippen molar-refractivity contribution in [3.05, 3.63) is 66.7 Å². The molecule has 1 N–H and O–H groups in total. The molecule has 0 fully saturated rings. The zero-order chi connectivity index (χ0) is 20.1. The molecule has 0 aliphatic carbocycles. The summed E-state index contributed by atoms with van der Waals surface area (Å²) in [5.74, 6) is 1.56. The van der Waals surface area contributed by atoms with E-state index in [1.54, 1.807) is 6.20 Å². The van der Waals surface area contributed by atoms with Crippen molar-refractivity contribution in [1.82, 2.24) is 15.1 Å². The standard InChI is InChI=1S/C22H20N4O3/c1-2-28-18-9-7-15(8-10-18)22-25-21(29-26-22)12-11-20(27)24-17-13-16-5-3-4-6-19(16)23-14-17/h3-10,13-14H,2,11-12H2,1H3,(H,24,27). The average Bonchev–Trinajstić information content (AvgIpc) is 3.22. The van der Waals surface area contributed by atoms with Crippen LogP contribution in [-0.2, 0) is 11.2 Å². The Labute approximate surface area is 167 Å².